The van der Waals surface area contributed by atoms with Crippen LogP contribution in [0.25, 0.3) is 21.5 Å². The molecule has 214 valence electrons. The van der Waals surface area contributed by atoms with E-state index in [4.69, 9.17) is 0 Å². The third-order valence-electron chi connectivity index (χ3n) is 8.41. The number of para-hydroxylation sites is 4. The monoisotopic (exact) mass is 569 g/mol. The fourth-order valence-corrected chi connectivity index (χ4v) is 6.31. The summed E-state index contributed by atoms with van der Waals surface area (Å²) in [4.78, 5) is 0. The van der Waals surface area contributed by atoms with E-state index in [0.29, 0.717) is 0 Å². The number of benzene rings is 7. The lowest BCUT2D eigenvalue weighted by molar-refractivity contribution is 0.977. The van der Waals surface area contributed by atoms with Gasteiger partial charge in [0.2, 0.25) is 0 Å². The van der Waals surface area contributed by atoms with Gasteiger partial charge < -0.3 is 5.32 Å². The van der Waals surface area contributed by atoms with Crippen LogP contribution in [-0.4, -0.2) is 0 Å². The first-order chi connectivity index (χ1) is 21.6. The second kappa shape index (κ2) is 11.6. The molecule has 3 heteroatoms. The Labute approximate surface area is 259 Å². The quantitative estimate of drug-likeness (QED) is 0.152. The Morgan fingerprint density at radius 3 is 1.75 bits per heavy atom. The zero-order chi connectivity index (χ0) is 30.0. The van der Waals surface area contributed by atoms with Crippen LogP contribution in [0.2, 0.25) is 0 Å². The van der Waals surface area contributed by atoms with Crippen LogP contribution in [0, 0.1) is 20.8 Å². The maximum Gasteiger partial charge on any atom is 0.0900 e. The standard InChI is InChI=1S/C41H35N3/c1-29-16-10-13-27-39(29)44(43(34-20-6-4-7-21-34)35-22-8-5-9-23-35)41-30(2)17-14-26-38(41)42-37-25-15-19-33-28-32-18-11-12-24-36(32)31(3)40(33)37/h4-28,42H,1-3H3. The van der Waals surface area contributed by atoms with Crippen molar-refractivity contribution in [1.82, 2.24) is 0 Å². The predicted molar refractivity (Wildman–Crippen MR) is 189 cm³/mol. The summed E-state index contributed by atoms with van der Waals surface area (Å²) in [5.41, 5.74) is 10.1. The third-order valence-corrected chi connectivity index (χ3v) is 8.41. The molecule has 0 aliphatic heterocycles. The number of nitrogens with zero attached hydrogens (tertiary/aromatic N) is 2. The number of hydrogen-bond donors (Lipinski definition) is 1. The maximum absolute atomic E-state index is 3.92. The molecule has 0 saturated carbocycles. The molecule has 44 heavy (non-hydrogen) atoms. The Kier molecular flexibility index (Phi) is 7.21. The van der Waals surface area contributed by atoms with E-state index in [2.05, 4.69) is 188 Å². The van der Waals surface area contributed by atoms with Crippen molar-refractivity contribution >= 4 is 55.7 Å². The van der Waals surface area contributed by atoms with E-state index in [1.54, 1.807) is 0 Å². The molecule has 0 spiro atoms. The van der Waals surface area contributed by atoms with E-state index in [1.165, 1.54) is 32.7 Å². The lowest BCUT2D eigenvalue weighted by Gasteiger charge is -2.40. The van der Waals surface area contributed by atoms with Gasteiger partial charge in [-0.25, -0.2) is 10.0 Å². The van der Waals surface area contributed by atoms with Crippen molar-refractivity contribution in [2.45, 2.75) is 20.8 Å². The van der Waals surface area contributed by atoms with Gasteiger partial charge in [0.25, 0.3) is 0 Å². The van der Waals surface area contributed by atoms with Crippen molar-refractivity contribution in [2.24, 2.45) is 0 Å². The van der Waals surface area contributed by atoms with E-state index < -0.39 is 0 Å². The molecule has 0 fully saturated rings. The van der Waals surface area contributed by atoms with E-state index in [-0.39, 0.29) is 0 Å². The van der Waals surface area contributed by atoms with Crippen molar-refractivity contribution in [1.29, 1.82) is 0 Å². The molecule has 0 aliphatic rings. The van der Waals surface area contributed by atoms with E-state index >= 15 is 0 Å². The Morgan fingerprint density at radius 1 is 0.455 bits per heavy atom. The molecule has 0 saturated heterocycles. The van der Waals surface area contributed by atoms with Gasteiger partial charge in [-0.1, -0.05) is 103 Å². The van der Waals surface area contributed by atoms with Gasteiger partial charge in [-0.3, -0.25) is 0 Å². The molecule has 0 aromatic heterocycles. The second-order valence-corrected chi connectivity index (χ2v) is 11.3. The van der Waals surface area contributed by atoms with Gasteiger partial charge in [-0.15, -0.1) is 0 Å². The van der Waals surface area contributed by atoms with Crippen LogP contribution in [0.4, 0.5) is 34.1 Å². The first-order valence-electron chi connectivity index (χ1n) is 15.1. The summed E-state index contributed by atoms with van der Waals surface area (Å²) in [6.07, 6.45) is 0. The molecule has 7 aromatic carbocycles. The van der Waals surface area contributed by atoms with E-state index in [9.17, 15) is 0 Å². The number of anilines is 6. The highest BCUT2D eigenvalue weighted by molar-refractivity contribution is 6.08. The zero-order valence-electron chi connectivity index (χ0n) is 25.3. The van der Waals surface area contributed by atoms with E-state index in [0.717, 1.165) is 39.7 Å². The number of nitrogens with one attached hydrogen (secondary N) is 1. The summed E-state index contributed by atoms with van der Waals surface area (Å²) in [5.74, 6) is 0. The topological polar surface area (TPSA) is 18.5 Å². The summed E-state index contributed by atoms with van der Waals surface area (Å²) < 4.78 is 0. The summed E-state index contributed by atoms with van der Waals surface area (Å²) >= 11 is 0. The van der Waals surface area contributed by atoms with E-state index in [1.807, 2.05) is 0 Å². The molecule has 0 amide bonds. The van der Waals surface area contributed by atoms with Crippen molar-refractivity contribution in [2.75, 3.05) is 15.3 Å². The molecule has 0 radical (unpaired) electrons. The minimum atomic E-state index is 1.03. The van der Waals surface area contributed by atoms with Crippen LogP contribution in [0.5, 0.6) is 0 Å². The lowest BCUT2D eigenvalue weighted by Crippen LogP contribution is -2.37. The molecule has 0 unspecified atom stereocenters. The van der Waals surface area contributed by atoms with Gasteiger partial charge in [0.05, 0.1) is 28.4 Å². The number of hydrogen-bond acceptors (Lipinski definition) is 3. The Morgan fingerprint density at radius 2 is 1.02 bits per heavy atom. The molecular formula is C41H35N3. The Bertz CT molecular complexity index is 2040. The molecule has 0 heterocycles. The summed E-state index contributed by atoms with van der Waals surface area (Å²) in [7, 11) is 0. The number of rotatable bonds is 7. The molecule has 0 aliphatic carbocycles. The summed E-state index contributed by atoms with van der Waals surface area (Å²) in [5, 5.41) is 13.6. The molecule has 7 aromatic rings. The van der Waals surface area contributed by atoms with Gasteiger partial charge >= 0.3 is 0 Å². The Hall–Kier alpha value is -5.54. The van der Waals surface area contributed by atoms with Crippen LogP contribution in [-0.2, 0) is 0 Å². The highest BCUT2D eigenvalue weighted by atomic mass is 15.6. The number of aryl methyl sites for hydroxylation is 3. The highest BCUT2D eigenvalue weighted by Gasteiger charge is 2.26. The fourth-order valence-electron chi connectivity index (χ4n) is 6.31. The minimum Gasteiger partial charge on any atom is -0.353 e. The minimum absolute atomic E-state index is 1.03. The summed E-state index contributed by atoms with van der Waals surface area (Å²) in [6.45, 7) is 6.61. The maximum atomic E-state index is 3.92. The third kappa shape index (κ3) is 4.93. The molecule has 7 rings (SSSR count). The predicted octanol–water partition coefficient (Wildman–Crippen LogP) is 11.6. The smallest absolute Gasteiger partial charge is 0.0900 e. The van der Waals surface area contributed by atoms with Crippen molar-refractivity contribution in [3.8, 4) is 0 Å². The Balaban J connectivity index is 1.47. The second-order valence-electron chi connectivity index (χ2n) is 11.3. The van der Waals surface area contributed by atoms with Crippen LogP contribution in [0.1, 0.15) is 16.7 Å². The van der Waals surface area contributed by atoms with Crippen LogP contribution < -0.4 is 15.3 Å². The first-order valence-corrected chi connectivity index (χ1v) is 15.1. The average Bonchev–Trinajstić information content (AvgIpc) is 3.05. The number of hydrazine groups is 1. The molecule has 0 bridgehead atoms. The van der Waals surface area contributed by atoms with Crippen molar-refractivity contribution in [3.05, 3.63) is 168 Å². The number of fused-ring (bicyclic) bond motifs is 2. The van der Waals surface area contributed by atoms with Crippen molar-refractivity contribution in [3.63, 3.8) is 0 Å². The molecule has 0 atom stereocenters. The SMILES string of the molecule is Cc1ccccc1N(c1c(C)cccc1Nc1cccc2cc3ccccc3c(C)c12)N(c1ccccc1)c1ccccc1. The van der Waals surface area contributed by atoms with Gasteiger partial charge in [0, 0.05) is 11.1 Å². The largest absolute Gasteiger partial charge is 0.353 e. The van der Waals surface area contributed by atoms with Crippen LogP contribution >= 0.6 is 0 Å². The van der Waals surface area contributed by atoms with Crippen LogP contribution in [0.3, 0.4) is 0 Å². The van der Waals surface area contributed by atoms with Crippen molar-refractivity contribution < 1.29 is 0 Å². The lowest BCUT2D eigenvalue weighted by atomic mass is 9.96. The van der Waals surface area contributed by atoms with Gasteiger partial charge in [0.15, 0.2) is 0 Å². The molecular weight excluding hydrogens is 534 g/mol. The molecule has 1 N–H and O–H groups in total. The summed E-state index contributed by atoms with van der Waals surface area (Å²) in [6, 6.07) is 53.8. The normalized spacial score (nSPS) is 11.1. The van der Waals surface area contributed by atoms with Gasteiger partial charge in [-0.2, -0.15) is 0 Å². The highest BCUT2D eigenvalue weighted by Crippen LogP contribution is 2.44. The van der Waals surface area contributed by atoms with Gasteiger partial charge in [0.1, 0.15) is 0 Å². The van der Waals surface area contributed by atoms with Gasteiger partial charge in [-0.05, 0) is 102 Å². The zero-order valence-corrected chi connectivity index (χ0v) is 25.3. The average molecular weight is 570 g/mol. The first kappa shape index (κ1) is 27.3. The van der Waals surface area contributed by atoms with Crippen LogP contribution in [0.15, 0.2) is 152 Å². The fraction of sp³-hybridized carbons (Fsp3) is 0.0732. The molecule has 3 nitrogen and oxygen atoms in total.